The lowest BCUT2D eigenvalue weighted by molar-refractivity contribution is -0.135. The van der Waals surface area contributed by atoms with E-state index in [2.05, 4.69) is 0 Å². The molecule has 0 unspecified atom stereocenters. The summed E-state index contributed by atoms with van der Waals surface area (Å²) in [6.45, 7) is 1.09. The molecule has 0 rings (SSSR count). The lowest BCUT2D eigenvalue weighted by atomic mass is 10.4. The molecule has 8 heavy (non-hydrogen) atoms. The molecular weight excluding hydrogens is 112 g/mol. The Labute approximate surface area is 45.7 Å². The van der Waals surface area contributed by atoms with Crippen molar-refractivity contribution < 1.29 is 20.1 Å². The normalized spacial score (nSPS) is 12.6. The molecule has 4 nitrogen and oxygen atoms in total. The van der Waals surface area contributed by atoms with Gasteiger partial charge in [0.05, 0.1) is 0 Å². The smallest absolute Gasteiger partial charge is 0.374 e. The zero-order chi connectivity index (χ0) is 6.73. The van der Waals surface area contributed by atoms with Crippen molar-refractivity contribution in [2.75, 3.05) is 0 Å². The van der Waals surface area contributed by atoms with Crippen LogP contribution < -0.4 is 0 Å². The van der Waals surface area contributed by atoms with Gasteiger partial charge < -0.3 is 15.3 Å². The second-order valence-electron chi connectivity index (χ2n) is 1.24. The lowest BCUT2D eigenvalue weighted by Gasteiger charge is -1.90. The summed E-state index contributed by atoms with van der Waals surface area (Å²) in [4.78, 5) is 9.67. The van der Waals surface area contributed by atoms with Crippen LogP contribution in [0.4, 0.5) is 0 Å². The Morgan fingerprint density at radius 2 is 1.62 bits per heavy atom. The molecule has 0 aromatic carbocycles. The van der Waals surface area contributed by atoms with Crippen molar-refractivity contribution in [2.24, 2.45) is 0 Å². The quantitative estimate of drug-likeness (QED) is 0.344. The molecular formula is C4H6O4. The summed E-state index contributed by atoms with van der Waals surface area (Å²) in [6.07, 6.45) is 0. The van der Waals surface area contributed by atoms with Crippen LogP contribution in [0.5, 0.6) is 0 Å². The number of carboxylic acids is 1. The predicted molar refractivity (Wildman–Crippen MR) is 25.6 cm³/mol. The van der Waals surface area contributed by atoms with E-state index in [1.807, 2.05) is 0 Å². The average molecular weight is 118 g/mol. The van der Waals surface area contributed by atoms with Gasteiger partial charge in [-0.2, -0.15) is 0 Å². The summed E-state index contributed by atoms with van der Waals surface area (Å²) in [6, 6.07) is 0. The first-order valence-electron chi connectivity index (χ1n) is 1.87. The van der Waals surface area contributed by atoms with Crippen LogP contribution in [0, 0.1) is 0 Å². The minimum absolute atomic E-state index is 0.586. The Bertz CT molecular complexity index is 131. The predicted octanol–water partition coefficient (Wildman–Crippen LogP) is 0.419. The van der Waals surface area contributed by atoms with E-state index in [1.54, 1.807) is 0 Å². The van der Waals surface area contributed by atoms with Crippen LogP contribution in [0.2, 0.25) is 0 Å². The summed E-state index contributed by atoms with van der Waals surface area (Å²) in [5.74, 6) is -3.12. The summed E-state index contributed by atoms with van der Waals surface area (Å²) in [5.41, 5.74) is 0. The topological polar surface area (TPSA) is 77.8 Å². The Balaban J connectivity index is 4.23. The third kappa shape index (κ3) is 1.51. The number of hydrogen-bond donors (Lipinski definition) is 3. The Morgan fingerprint density at radius 1 is 1.25 bits per heavy atom. The van der Waals surface area contributed by atoms with E-state index >= 15 is 0 Å². The largest absolute Gasteiger partial charge is 0.508 e. The van der Waals surface area contributed by atoms with Crippen molar-refractivity contribution in [1.82, 2.24) is 0 Å². The average Bonchev–Trinajstić information content (AvgIpc) is 1.64. The number of rotatable bonds is 1. The molecule has 0 atom stereocenters. The van der Waals surface area contributed by atoms with Crippen LogP contribution in [-0.2, 0) is 4.79 Å². The van der Waals surface area contributed by atoms with Crippen molar-refractivity contribution in [3.8, 4) is 0 Å². The zero-order valence-corrected chi connectivity index (χ0v) is 4.25. The van der Waals surface area contributed by atoms with Crippen molar-refractivity contribution in [1.29, 1.82) is 0 Å². The third-order valence-electron chi connectivity index (χ3n) is 0.545. The molecule has 0 aromatic heterocycles. The van der Waals surface area contributed by atoms with Gasteiger partial charge in [-0.3, -0.25) is 0 Å². The second kappa shape index (κ2) is 2.20. The molecule has 0 aliphatic carbocycles. The third-order valence-corrected chi connectivity index (χ3v) is 0.545. The fourth-order valence-corrected chi connectivity index (χ4v) is 0.155. The molecule has 46 valence electrons. The van der Waals surface area contributed by atoms with E-state index < -0.39 is 17.5 Å². The van der Waals surface area contributed by atoms with E-state index in [1.165, 1.54) is 0 Å². The van der Waals surface area contributed by atoms with Gasteiger partial charge in [0.15, 0.2) is 0 Å². The van der Waals surface area contributed by atoms with Gasteiger partial charge in [-0.25, -0.2) is 4.79 Å². The minimum Gasteiger partial charge on any atom is -0.508 e. The highest BCUT2D eigenvalue weighted by Crippen LogP contribution is 1.93. The molecule has 0 spiro atoms. The van der Waals surface area contributed by atoms with Crippen LogP contribution >= 0.6 is 0 Å². The van der Waals surface area contributed by atoms with Crippen LogP contribution in [0.25, 0.3) is 0 Å². The Morgan fingerprint density at radius 3 is 1.62 bits per heavy atom. The van der Waals surface area contributed by atoms with Gasteiger partial charge in [0.25, 0.3) is 0 Å². The van der Waals surface area contributed by atoms with E-state index in [9.17, 15) is 4.79 Å². The van der Waals surface area contributed by atoms with Gasteiger partial charge in [-0.15, -0.1) is 0 Å². The molecule has 0 saturated carbocycles. The van der Waals surface area contributed by atoms with E-state index in [0.717, 1.165) is 6.92 Å². The van der Waals surface area contributed by atoms with Gasteiger partial charge in [0.1, 0.15) is 5.76 Å². The maximum absolute atomic E-state index is 9.67. The second-order valence-corrected chi connectivity index (χ2v) is 1.24. The molecule has 0 aliphatic rings. The molecule has 0 radical (unpaired) electrons. The Hall–Kier alpha value is -1.19. The number of carboxylic acid groups (broad SMARTS) is 1. The van der Waals surface area contributed by atoms with Gasteiger partial charge in [-0.05, 0) is 6.92 Å². The molecule has 0 bridgehead atoms. The number of aliphatic carboxylic acids is 1. The number of allylic oxidation sites excluding steroid dienone is 1. The number of aliphatic hydroxyl groups is 2. The van der Waals surface area contributed by atoms with Crippen LogP contribution in [0.3, 0.4) is 0 Å². The highest BCUT2D eigenvalue weighted by Gasteiger charge is 2.06. The molecule has 0 amide bonds. The summed E-state index contributed by atoms with van der Waals surface area (Å²) < 4.78 is 0. The molecule has 0 fully saturated rings. The van der Waals surface area contributed by atoms with Crippen molar-refractivity contribution in [3.05, 3.63) is 11.5 Å². The highest BCUT2D eigenvalue weighted by atomic mass is 16.4. The fraction of sp³-hybridized carbons (Fsp3) is 0.250. The standard InChI is InChI=1S/C4H6O4/c1-2(5)3(6)4(7)8/h5-6H,1H3,(H,7,8). The summed E-state index contributed by atoms with van der Waals surface area (Å²) >= 11 is 0. The number of aliphatic hydroxyl groups excluding tert-OH is 2. The van der Waals surface area contributed by atoms with E-state index in [-0.39, 0.29) is 0 Å². The van der Waals surface area contributed by atoms with E-state index in [0.29, 0.717) is 0 Å². The maximum atomic E-state index is 9.67. The minimum atomic E-state index is -1.52. The number of hydrogen-bond acceptors (Lipinski definition) is 3. The molecule has 0 aromatic rings. The maximum Gasteiger partial charge on any atom is 0.374 e. The monoisotopic (exact) mass is 118 g/mol. The van der Waals surface area contributed by atoms with E-state index in [4.69, 9.17) is 15.3 Å². The van der Waals surface area contributed by atoms with Gasteiger partial charge in [0.2, 0.25) is 5.76 Å². The fourth-order valence-electron chi connectivity index (χ4n) is 0.155. The van der Waals surface area contributed by atoms with Crippen molar-refractivity contribution in [2.45, 2.75) is 6.92 Å². The molecule has 4 heteroatoms. The van der Waals surface area contributed by atoms with Gasteiger partial charge in [0, 0.05) is 0 Å². The number of carbonyl (C=O) groups is 1. The van der Waals surface area contributed by atoms with Crippen LogP contribution in [-0.4, -0.2) is 21.3 Å². The SMILES string of the molecule is CC(O)=C(O)C(=O)O. The first-order chi connectivity index (χ1) is 3.55. The molecule has 0 saturated heterocycles. The van der Waals surface area contributed by atoms with Crippen molar-refractivity contribution in [3.63, 3.8) is 0 Å². The van der Waals surface area contributed by atoms with Gasteiger partial charge in [-0.1, -0.05) is 0 Å². The van der Waals surface area contributed by atoms with Crippen LogP contribution in [0.15, 0.2) is 11.5 Å². The van der Waals surface area contributed by atoms with Crippen molar-refractivity contribution >= 4 is 5.97 Å². The molecule has 0 aliphatic heterocycles. The summed E-state index contributed by atoms with van der Waals surface area (Å²) in [7, 11) is 0. The summed E-state index contributed by atoms with van der Waals surface area (Å²) in [5, 5.41) is 24.4. The zero-order valence-electron chi connectivity index (χ0n) is 4.25. The molecule has 0 heterocycles. The lowest BCUT2D eigenvalue weighted by Crippen LogP contribution is -2.01. The Kier molecular flexibility index (Phi) is 1.88. The first-order valence-corrected chi connectivity index (χ1v) is 1.87. The van der Waals surface area contributed by atoms with Gasteiger partial charge >= 0.3 is 5.97 Å². The van der Waals surface area contributed by atoms with Crippen LogP contribution in [0.1, 0.15) is 6.92 Å². The highest BCUT2D eigenvalue weighted by molar-refractivity contribution is 5.84. The molecule has 3 N–H and O–H groups in total. The first kappa shape index (κ1) is 6.81.